The molecule has 0 unspecified atom stereocenters. The van der Waals surface area contributed by atoms with Gasteiger partial charge in [-0.05, 0) is 0 Å². The van der Waals surface area contributed by atoms with E-state index in [-0.39, 0.29) is 10.7 Å². The molecule has 7 heteroatoms. The molecule has 97 valence electrons. The van der Waals surface area contributed by atoms with E-state index in [1.807, 2.05) is 0 Å². The van der Waals surface area contributed by atoms with Gasteiger partial charge in [-0.25, -0.2) is 0 Å². The quantitative estimate of drug-likeness (QED) is 0.837. The van der Waals surface area contributed by atoms with Gasteiger partial charge in [0.05, 0.1) is 0 Å². The molecule has 0 spiro atoms. The Morgan fingerprint density at radius 3 is 2.32 bits per heavy atom. The molecule has 3 nitrogen and oxygen atoms in total. The zero-order valence-corrected chi connectivity index (χ0v) is 13.5. The maximum atomic E-state index is 13.1. The van der Waals surface area contributed by atoms with Gasteiger partial charge in [0.1, 0.15) is 0 Å². The zero-order chi connectivity index (χ0) is 14.0. The standard InChI is InChI=1S/C12H8BrFNO2S.Ti/c13-9-1-7-12(8-2-9)18(16,17)15-11-5-3-10(14)4-6-11;/h1-3,5-8,15H;. The second kappa shape index (κ2) is 5.75. The van der Waals surface area contributed by atoms with Crippen molar-refractivity contribution in [2.45, 2.75) is 4.90 Å². The summed E-state index contributed by atoms with van der Waals surface area (Å²) in [6.45, 7) is 0. The van der Waals surface area contributed by atoms with Gasteiger partial charge >= 0.3 is 131 Å². The molecule has 2 aromatic rings. The third kappa shape index (κ3) is 3.66. The predicted molar refractivity (Wildman–Crippen MR) is 71.0 cm³/mol. The third-order valence-corrected chi connectivity index (χ3v) is 4.87. The molecule has 0 aliphatic rings. The van der Waals surface area contributed by atoms with Crippen LogP contribution in [0, 0.1) is 5.82 Å². The van der Waals surface area contributed by atoms with Crippen LogP contribution in [0.2, 0.25) is 0 Å². The summed E-state index contributed by atoms with van der Waals surface area (Å²) in [5, 5.41) is 0. The number of hydrogen-bond donors (Lipinski definition) is 1. The molecule has 0 saturated heterocycles. The molecule has 1 N–H and O–H groups in total. The monoisotopic (exact) mass is 376 g/mol. The maximum absolute atomic E-state index is 13.1. The van der Waals surface area contributed by atoms with E-state index in [1.54, 1.807) is 32.6 Å². The first kappa shape index (κ1) is 14.7. The number of sulfonamides is 1. The third-order valence-electron chi connectivity index (χ3n) is 2.34. The molecule has 0 aromatic heterocycles. The topological polar surface area (TPSA) is 46.2 Å². The first-order chi connectivity index (χ1) is 8.88. The number of anilines is 1. The fourth-order valence-electron chi connectivity index (χ4n) is 1.42. The van der Waals surface area contributed by atoms with Crippen LogP contribution >= 0.6 is 15.9 Å². The van der Waals surface area contributed by atoms with Gasteiger partial charge in [0.25, 0.3) is 0 Å². The zero-order valence-electron chi connectivity index (χ0n) is 9.52. The predicted octanol–water partition coefficient (Wildman–Crippen LogP) is 2.56. The van der Waals surface area contributed by atoms with E-state index in [1.165, 1.54) is 30.3 Å². The van der Waals surface area contributed by atoms with Gasteiger partial charge < -0.3 is 0 Å². The number of benzene rings is 2. The first-order valence-electron chi connectivity index (χ1n) is 5.18. The summed E-state index contributed by atoms with van der Waals surface area (Å²) in [6, 6.07) is 10.3. The molecule has 0 heterocycles. The summed E-state index contributed by atoms with van der Waals surface area (Å²) in [5.41, 5.74) is 0.335. The van der Waals surface area contributed by atoms with E-state index in [0.717, 1.165) is 4.47 Å². The summed E-state index contributed by atoms with van der Waals surface area (Å²) in [4.78, 5) is 0.151. The van der Waals surface area contributed by atoms with Gasteiger partial charge in [0.15, 0.2) is 0 Å². The Balaban J connectivity index is 2.30. The van der Waals surface area contributed by atoms with Gasteiger partial charge in [0, 0.05) is 0 Å². The Bertz CT molecular complexity index is 704. The van der Waals surface area contributed by atoms with E-state index in [2.05, 4.69) is 20.7 Å². The van der Waals surface area contributed by atoms with Crippen LogP contribution in [0.1, 0.15) is 0 Å². The summed E-state index contributed by atoms with van der Waals surface area (Å²) in [5.74, 6) is -0.369. The van der Waals surface area contributed by atoms with E-state index in [0.29, 0.717) is 9.56 Å². The average Bonchev–Trinajstić information content (AvgIpc) is 2.34. The van der Waals surface area contributed by atoms with Crippen LogP contribution in [0.15, 0.2) is 51.8 Å². The van der Waals surface area contributed by atoms with E-state index < -0.39 is 10.0 Å². The molecule has 2 rings (SSSR count). The first-order valence-corrected chi connectivity index (χ1v) is 8.24. The van der Waals surface area contributed by atoms with E-state index in [4.69, 9.17) is 0 Å². The van der Waals surface area contributed by atoms with Crippen molar-refractivity contribution in [3.05, 3.63) is 52.8 Å². The molecule has 19 heavy (non-hydrogen) atoms. The van der Waals surface area contributed by atoms with Gasteiger partial charge in [-0.2, -0.15) is 0 Å². The van der Waals surface area contributed by atoms with Crippen molar-refractivity contribution in [2.75, 3.05) is 4.72 Å². The molecule has 0 aliphatic heterocycles. The Labute approximate surface area is 130 Å². The van der Waals surface area contributed by atoms with Crippen LogP contribution in [0.4, 0.5) is 10.1 Å². The summed E-state index contributed by atoms with van der Waals surface area (Å²) >= 11 is 4.82. The Hall–Kier alpha value is -0.686. The summed E-state index contributed by atoms with van der Waals surface area (Å²) < 4.78 is 40.9. The normalized spacial score (nSPS) is 11.2. The van der Waals surface area contributed by atoms with Crippen molar-refractivity contribution in [3.8, 4) is 0 Å². The molecule has 2 aromatic carbocycles. The molecule has 0 atom stereocenters. The van der Waals surface area contributed by atoms with Crippen LogP contribution in [-0.4, -0.2) is 8.42 Å². The molecule has 0 radical (unpaired) electrons. The van der Waals surface area contributed by atoms with Gasteiger partial charge in [-0.3, -0.25) is 0 Å². The number of nitrogens with one attached hydrogen (secondary N) is 1. The Morgan fingerprint density at radius 1 is 1.11 bits per heavy atom. The van der Waals surface area contributed by atoms with Crippen molar-refractivity contribution in [2.24, 2.45) is 0 Å². The van der Waals surface area contributed by atoms with Crippen molar-refractivity contribution < 1.29 is 33.2 Å². The van der Waals surface area contributed by atoms with E-state index in [9.17, 15) is 12.8 Å². The fourth-order valence-corrected chi connectivity index (χ4v) is 3.10. The second-order valence-corrected chi connectivity index (χ2v) is 7.19. The van der Waals surface area contributed by atoms with Crippen molar-refractivity contribution in [3.63, 3.8) is 0 Å². The summed E-state index contributed by atoms with van der Waals surface area (Å²) in [7, 11) is -3.65. The second-order valence-electron chi connectivity index (χ2n) is 3.75. The minimum absolute atomic E-state index is 0.151. The van der Waals surface area contributed by atoms with Crippen molar-refractivity contribution in [1.82, 2.24) is 0 Å². The Morgan fingerprint density at radius 2 is 1.74 bits per heavy atom. The van der Waals surface area contributed by atoms with Crippen LogP contribution in [0.5, 0.6) is 0 Å². The van der Waals surface area contributed by atoms with Crippen molar-refractivity contribution >= 4 is 35.5 Å². The van der Waals surface area contributed by atoms with Crippen LogP contribution in [-0.2, 0) is 30.5 Å². The van der Waals surface area contributed by atoms with Crippen LogP contribution < -0.4 is 8.59 Å². The van der Waals surface area contributed by atoms with E-state index >= 15 is 0 Å². The Kier molecular flexibility index (Phi) is 4.45. The molecule has 0 saturated carbocycles. The number of halogens is 2. The van der Waals surface area contributed by atoms with Gasteiger partial charge in [-0.15, -0.1) is 0 Å². The molecule has 0 bridgehead atoms. The molecule has 0 fully saturated rings. The van der Waals surface area contributed by atoms with Gasteiger partial charge in [-0.1, -0.05) is 0 Å². The number of hydrogen-bond acceptors (Lipinski definition) is 2. The number of rotatable bonds is 3. The van der Waals surface area contributed by atoms with Crippen LogP contribution in [0.25, 0.3) is 0 Å². The van der Waals surface area contributed by atoms with Gasteiger partial charge in [0.2, 0.25) is 0 Å². The molecular formula is C12H8BrFNO2STi. The van der Waals surface area contributed by atoms with Crippen LogP contribution in [0.3, 0.4) is 0 Å². The molecule has 0 aliphatic carbocycles. The molecular weight excluding hydrogens is 369 g/mol. The molecule has 0 amide bonds. The summed E-state index contributed by atoms with van der Waals surface area (Å²) in [6.07, 6.45) is 0. The SMILES string of the molecule is O=S(=O)(Nc1ccc(F)[c]([Ti])c1)c1ccc(Br)cc1. The fraction of sp³-hybridized carbons (Fsp3) is 0. The van der Waals surface area contributed by atoms with Crippen molar-refractivity contribution in [1.29, 1.82) is 0 Å². The minimum atomic E-state index is -3.65. The average molecular weight is 377 g/mol.